The van der Waals surface area contributed by atoms with Crippen LogP contribution in [0.2, 0.25) is 0 Å². The lowest BCUT2D eigenvalue weighted by Crippen LogP contribution is -2.45. The molecule has 23 nitrogen and oxygen atoms in total. The molecule has 1 aliphatic rings. The molecule has 0 aromatic heterocycles. The van der Waals surface area contributed by atoms with Crippen molar-refractivity contribution in [3.63, 3.8) is 0 Å². The van der Waals surface area contributed by atoms with Crippen LogP contribution in [0.5, 0.6) is 0 Å². The Morgan fingerprint density at radius 3 is 1.06 bits per heavy atom. The summed E-state index contributed by atoms with van der Waals surface area (Å²) in [5, 5.41) is 67.7. The maximum Gasteiger partial charge on any atom is 0.326 e. The highest BCUT2D eigenvalue weighted by Crippen LogP contribution is 2.24. The second-order valence-corrected chi connectivity index (χ2v) is 15.9. The predicted molar refractivity (Wildman–Crippen MR) is 224 cm³/mol. The van der Waals surface area contributed by atoms with Gasteiger partial charge in [0, 0.05) is 51.1 Å². The molecule has 23 heteroatoms. The highest BCUT2D eigenvalue weighted by Gasteiger charge is 2.41. The molecule has 1 saturated heterocycles. The maximum atomic E-state index is 12.6. The molecule has 64 heavy (non-hydrogen) atoms. The number of carboxylic acids is 5. The van der Waals surface area contributed by atoms with Gasteiger partial charge in [0.1, 0.15) is 30.3 Å². The minimum absolute atomic E-state index is 0.0791. The average molecular weight is 917 g/mol. The summed E-state index contributed by atoms with van der Waals surface area (Å²) in [6, 6.07) is -6.47. The van der Waals surface area contributed by atoms with E-state index in [1.54, 1.807) is 0 Å². The van der Waals surface area contributed by atoms with E-state index in [1.807, 2.05) is 0 Å². The summed E-state index contributed by atoms with van der Waals surface area (Å²) in [6.45, 7) is 0.293. The number of rotatable bonds is 39. The lowest BCUT2D eigenvalue weighted by atomic mass is 10.0. The van der Waals surface area contributed by atoms with E-state index < -0.39 is 122 Å². The largest absolute Gasteiger partial charge is 0.481 e. The number of carboxylic acid groups (broad SMARTS) is 5. The molecule has 0 spiro atoms. The van der Waals surface area contributed by atoms with Gasteiger partial charge in [0.05, 0.1) is 0 Å². The van der Waals surface area contributed by atoms with E-state index in [9.17, 15) is 73.5 Å². The Bertz CT molecular complexity index is 1550. The SMILES string of the molecule is N[C@@H](CCCCNC(=O)CC[C@H](NC(=O)CC[C@H](NC(=O)CC[C@H](NC(=O)CC[C@H](NC(=O)CCCCCCCCCCCCC(=O)O)C(=O)O)C(=O)O)C(=O)O)C(=O)O)C1OC1O. The fourth-order valence-corrected chi connectivity index (χ4v) is 6.59. The van der Waals surface area contributed by atoms with Gasteiger partial charge < -0.3 is 67.7 Å². The molecule has 0 saturated carbocycles. The van der Waals surface area contributed by atoms with Crippen LogP contribution in [0.4, 0.5) is 0 Å². The van der Waals surface area contributed by atoms with Gasteiger partial charge in [-0.1, -0.05) is 57.8 Å². The first-order valence-electron chi connectivity index (χ1n) is 22.0. The van der Waals surface area contributed by atoms with Crippen molar-refractivity contribution in [3.8, 4) is 0 Å². The normalized spacial score (nSPS) is 16.5. The molecule has 1 fully saturated rings. The van der Waals surface area contributed by atoms with Crippen LogP contribution in [0, 0.1) is 0 Å². The number of aliphatic hydroxyl groups excluding tert-OH is 1. The maximum absolute atomic E-state index is 12.6. The third-order valence-electron chi connectivity index (χ3n) is 10.4. The van der Waals surface area contributed by atoms with E-state index >= 15 is 0 Å². The summed E-state index contributed by atoms with van der Waals surface area (Å²) in [7, 11) is 0. The zero-order chi connectivity index (χ0) is 48.0. The standard InChI is InChI=1S/C41H68N6O17/c42-25(36-41(63)64-36)13-11-12-24-43-30(48)20-16-26(37(55)56)45-32(50)22-18-28(39(59)60)47-34(52)23-19-29(40(61)62)46-33(51)21-17-27(38(57)58)44-31(49)14-9-7-5-3-1-2-4-6-8-10-15-35(53)54/h25-29,36,41,63H,1-24,42H2,(H,43,48)(H,44,49)(H,45,50)(H,46,51)(H,47,52)(H,53,54)(H,55,56)(H,57,58)(H,59,60)(H,61,62)/t25-,26-,27-,28-,29-,36?,41?/m0/s1. The molecule has 0 radical (unpaired) electrons. The van der Waals surface area contributed by atoms with Gasteiger partial charge in [0.15, 0.2) is 6.29 Å². The number of amides is 5. The fourth-order valence-electron chi connectivity index (χ4n) is 6.59. The monoisotopic (exact) mass is 916 g/mol. The summed E-state index contributed by atoms with van der Waals surface area (Å²) < 4.78 is 4.89. The number of aliphatic hydroxyl groups is 1. The smallest absolute Gasteiger partial charge is 0.326 e. The van der Waals surface area contributed by atoms with Gasteiger partial charge >= 0.3 is 29.8 Å². The lowest BCUT2D eigenvalue weighted by Gasteiger charge is -2.18. The van der Waals surface area contributed by atoms with Crippen molar-refractivity contribution >= 4 is 59.4 Å². The number of nitrogens with one attached hydrogen (secondary N) is 5. The molecule has 0 bridgehead atoms. The summed E-state index contributed by atoms with van der Waals surface area (Å²) in [4.78, 5) is 120. The van der Waals surface area contributed by atoms with Crippen LogP contribution in [0.15, 0.2) is 0 Å². The molecule has 1 aliphatic heterocycles. The Morgan fingerprint density at radius 1 is 0.422 bits per heavy atom. The Labute approximate surface area is 371 Å². The van der Waals surface area contributed by atoms with Crippen LogP contribution in [-0.2, 0) is 52.7 Å². The molecule has 1 heterocycles. The molecule has 7 atom stereocenters. The third-order valence-corrected chi connectivity index (χ3v) is 10.4. The molecule has 0 aromatic carbocycles. The Morgan fingerprint density at radius 2 is 0.734 bits per heavy atom. The van der Waals surface area contributed by atoms with Gasteiger partial charge in [-0.05, 0) is 51.4 Å². The zero-order valence-electron chi connectivity index (χ0n) is 36.3. The highest BCUT2D eigenvalue weighted by molar-refractivity contribution is 5.88. The van der Waals surface area contributed by atoms with E-state index in [4.69, 9.17) is 15.6 Å². The number of epoxide rings is 1. The molecule has 5 amide bonds. The number of unbranched alkanes of at least 4 members (excludes halogenated alkanes) is 10. The third kappa shape index (κ3) is 27.6. The van der Waals surface area contributed by atoms with Crippen LogP contribution in [0.25, 0.3) is 0 Å². The lowest BCUT2D eigenvalue weighted by molar-refractivity contribution is -0.144. The van der Waals surface area contributed by atoms with Crippen molar-refractivity contribution in [2.75, 3.05) is 6.54 Å². The number of nitrogens with two attached hydrogens (primary N) is 1. The molecule has 13 N–H and O–H groups in total. The molecule has 1 rings (SSSR count). The summed E-state index contributed by atoms with van der Waals surface area (Å²) in [6.07, 6.45) is 6.22. The molecular weight excluding hydrogens is 848 g/mol. The van der Waals surface area contributed by atoms with E-state index in [0.29, 0.717) is 38.6 Å². The van der Waals surface area contributed by atoms with Crippen molar-refractivity contribution in [3.05, 3.63) is 0 Å². The summed E-state index contributed by atoms with van der Waals surface area (Å²) >= 11 is 0. The number of carbonyl (C=O) groups excluding carboxylic acids is 5. The number of ether oxygens (including phenoxy) is 1. The van der Waals surface area contributed by atoms with Gasteiger partial charge in [0.2, 0.25) is 29.5 Å². The van der Waals surface area contributed by atoms with Gasteiger partial charge in [-0.2, -0.15) is 0 Å². The Hall–Kier alpha value is -5.42. The molecule has 0 aromatic rings. The van der Waals surface area contributed by atoms with Gasteiger partial charge in [-0.15, -0.1) is 0 Å². The highest BCUT2D eigenvalue weighted by atomic mass is 16.7. The minimum atomic E-state index is -1.63. The van der Waals surface area contributed by atoms with Gasteiger partial charge in [-0.25, -0.2) is 19.2 Å². The van der Waals surface area contributed by atoms with Crippen molar-refractivity contribution < 1.29 is 83.3 Å². The number of carbonyl (C=O) groups is 10. The van der Waals surface area contributed by atoms with Gasteiger partial charge in [0.25, 0.3) is 0 Å². The van der Waals surface area contributed by atoms with Crippen molar-refractivity contribution in [2.45, 2.75) is 190 Å². The van der Waals surface area contributed by atoms with Crippen LogP contribution in [0.3, 0.4) is 0 Å². The minimum Gasteiger partial charge on any atom is -0.481 e. The van der Waals surface area contributed by atoms with Gasteiger partial charge in [-0.3, -0.25) is 28.8 Å². The molecule has 364 valence electrons. The van der Waals surface area contributed by atoms with E-state index in [0.717, 1.165) is 51.4 Å². The quantitative estimate of drug-likeness (QED) is 0.0295. The Kier molecular flexibility index (Phi) is 28.5. The van der Waals surface area contributed by atoms with Crippen LogP contribution in [-0.4, -0.2) is 139 Å². The van der Waals surface area contributed by atoms with Crippen LogP contribution >= 0.6 is 0 Å². The fraction of sp³-hybridized carbons (Fsp3) is 0.756. The van der Waals surface area contributed by atoms with Crippen molar-refractivity contribution in [2.24, 2.45) is 5.73 Å². The van der Waals surface area contributed by atoms with Crippen LogP contribution < -0.4 is 32.3 Å². The second kappa shape index (κ2) is 32.3. The first-order chi connectivity index (χ1) is 30.3. The first kappa shape index (κ1) is 56.6. The Balaban J connectivity index is 2.40. The van der Waals surface area contributed by atoms with Crippen molar-refractivity contribution in [1.29, 1.82) is 0 Å². The second-order valence-electron chi connectivity index (χ2n) is 15.9. The zero-order valence-corrected chi connectivity index (χ0v) is 36.3. The molecule has 0 aliphatic carbocycles. The van der Waals surface area contributed by atoms with E-state index in [1.165, 1.54) is 0 Å². The summed E-state index contributed by atoms with van der Waals surface area (Å²) in [5.74, 6) is -10.3. The number of hydrogen-bond donors (Lipinski definition) is 12. The molecular formula is C41H68N6O17. The van der Waals surface area contributed by atoms with E-state index in [-0.39, 0.29) is 44.2 Å². The first-order valence-corrected chi connectivity index (χ1v) is 22.0. The summed E-state index contributed by atoms with van der Waals surface area (Å²) in [5.41, 5.74) is 5.87. The van der Waals surface area contributed by atoms with Crippen LogP contribution in [0.1, 0.15) is 148 Å². The van der Waals surface area contributed by atoms with Crippen molar-refractivity contribution in [1.82, 2.24) is 26.6 Å². The van der Waals surface area contributed by atoms with E-state index in [2.05, 4.69) is 26.6 Å². The molecule has 2 unspecified atom stereocenters. The average Bonchev–Trinajstić information content (AvgIpc) is 3.96. The number of hydrogen-bond acceptors (Lipinski definition) is 13. The topological polar surface area (TPSA) is 391 Å². The predicted octanol–water partition coefficient (Wildman–Crippen LogP) is 0.482. The number of aliphatic carboxylic acids is 5.